The number of pyridine rings is 1. The second-order valence-corrected chi connectivity index (χ2v) is 4.98. The monoisotopic (exact) mass is 337 g/mol. The number of esters is 3. The predicted octanol–water partition coefficient (Wildman–Crippen LogP) is -0.349. The number of carbonyl (C=O) groups is 4. The van der Waals surface area contributed by atoms with Gasteiger partial charge in [-0.25, -0.2) is 14.4 Å². The SMILES string of the molecule is COC(=O)C(=O)c1cc(=O)n2c(c1C(=O)OC)CCC2C(=O)OC. The third kappa shape index (κ3) is 2.68. The van der Waals surface area contributed by atoms with E-state index < -0.39 is 40.9 Å². The lowest BCUT2D eigenvalue weighted by atomic mass is 10.0. The Hall–Kier alpha value is -2.97. The number of hydrogen-bond acceptors (Lipinski definition) is 8. The van der Waals surface area contributed by atoms with Crippen LogP contribution in [0.4, 0.5) is 0 Å². The first-order valence-corrected chi connectivity index (χ1v) is 6.94. The van der Waals surface area contributed by atoms with E-state index in [9.17, 15) is 24.0 Å². The van der Waals surface area contributed by atoms with Gasteiger partial charge in [0, 0.05) is 11.8 Å². The van der Waals surface area contributed by atoms with Crippen molar-refractivity contribution in [1.29, 1.82) is 0 Å². The molecule has 0 aromatic carbocycles. The molecule has 0 spiro atoms. The minimum atomic E-state index is -1.22. The Balaban J connectivity index is 2.74. The lowest BCUT2D eigenvalue weighted by molar-refractivity contribution is -0.144. The van der Waals surface area contributed by atoms with Crippen LogP contribution in [0, 0.1) is 0 Å². The molecule has 1 unspecified atom stereocenters. The smallest absolute Gasteiger partial charge is 0.379 e. The van der Waals surface area contributed by atoms with Gasteiger partial charge in [0.25, 0.3) is 11.3 Å². The van der Waals surface area contributed by atoms with Crippen molar-refractivity contribution >= 4 is 23.7 Å². The van der Waals surface area contributed by atoms with E-state index in [4.69, 9.17) is 0 Å². The molecule has 0 saturated carbocycles. The van der Waals surface area contributed by atoms with Gasteiger partial charge in [0.1, 0.15) is 6.04 Å². The van der Waals surface area contributed by atoms with Crippen LogP contribution in [0.1, 0.15) is 38.9 Å². The Morgan fingerprint density at radius 3 is 2.29 bits per heavy atom. The van der Waals surface area contributed by atoms with Crippen LogP contribution in [-0.4, -0.2) is 49.6 Å². The first-order valence-electron chi connectivity index (χ1n) is 6.94. The van der Waals surface area contributed by atoms with E-state index in [-0.39, 0.29) is 24.1 Å². The Morgan fingerprint density at radius 1 is 1.08 bits per heavy atom. The molecule has 1 aliphatic heterocycles. The van der Waals surface area contributed by atoms with Crippen molar-refractivity contribution in [1.82, 2.24) is 4.57 Å². The summed E-state index contributed by atoms with van der Waals surface area (Å²) in [4.78, 5) is 59.9. The maximum absolute atomic E-state index is 12.3. The molecular formula is C15H15NO8. The van der Waals surface area contributed by atoms with Crippen LogP contribution < -0.4 is 5.56 Å². The van der Waals surface area contributed by atoms with E-state index in [0.29, 0.717) is 0 Å². The molecule has 128 valence electrons. The fourth-order valence-corrected chi connectivity index (χ4v) is 2.73. The van der Waals surface area contributed by atoms with Gasteiger partial charge in [0.15, 0.2) is 0 Å². The Bertz CT molecular complexity index is 791. The summed E-state index contributed by atoms with van der Waals surface area (Å²) >= 11 is 0. The highest BCUT2D eigenvalue weighted by molar-refractivity contribution is 6.42. The summed E-state index contributed by atoms with van der Waals surface area (Å²) in [6, 6.07) is -0.0702. The number of nitrogens with zero attached hydrogens (tertiary/aromatic N) is 1. The maximum Gasteiger partial charge on any atom is 0.379 e. The molecule has 0 N–H and O–H groups in total. The van der Waals surface area contributed by atoms with E-state index >= 15 is 0 Å². The standard InChI is InChI=1S/C15H15NO8/c1-22-13(19)9-5-4-8-11(14(20)23-2)7(6-10(17)16(8)9)12(18)15(21)24-3/h6,9H,4-5H2,1-3H3. The molecule has 0 saturated heterocycles. The molecule has 0 aliphatic carbocycles. The van der Waals surface area contributed by atoms with Gasteiger partial charge in [0.2, 0.25) is 0 Å². The van der Waals surface area contributed by atoms with E-state index in [1.165, 1.54) is 7.11 Å². The molecule has 1 atom stereocenters. The number of carbonyl (C=O) groups excluding carboxylic acids is 4. The van der Waals surface area contributed by atoms with Gasteiger partial charge in [-0.15, -0.1) is 0 Å². The Morgan fingerprint density at radius 2 is 1.75 bits per heavy atom. The molecule has 2 rings (SSSR count). The molecule has 1 aromatic heterocycles. The van der Waals surface area contributed by atoms with Crippen LogP contribution in [0.25, 0.3) is 0 Å². The first kappa shape index (κ1) is 17.4. The van der Waals surface area contributed by atoms with Gasteiger partial charge < -0.3 is 14.2 Å². The highest BCUT2D eigenvalue weighted by Gasteiger charge is 2.37. The lowest BCUT2D eigenvalue weighted by Gasteiger charge is -2.15. The number of Topliss-reactive ketones (excluding diaryl/α,β-unsaturated/α-hetero) is 1. The van der Waals surface area contributed by atoms with Crippen LogP contribution in [-0.2, 0) is 30.2 Å². The van der Waals surface area contributed by atoms with E-state index in [2.05, 4.69) is 14.2 Å². The third-order valence-corrected chi connectivity index (χ3v) is 3.80. The van der Waals surface area contributed by atoms with E-state index in [1.54, 1.807) is 0 Å². The van der Waals surface area contributed by atoms with Crippen molar-refractivity contribution in [3.8, 4) is 0 Å². The van der Waals surface area contributed by atoms with E-state index in [0.717, 1.165) is 24.9 Å². The first-order chi connectivity index (χ1) is 11.4. The number of aromatic nitrogens is 1. The molecule has 1 aliphatic rings. The molecule has 9 nitrogen and oxygen atoms in total. The molecule has 1 aromatic rings. The predicted molar refractivity (Wildman–Crippen MR) is 77.8 cm³/mol. The van der Waals surface area contributed by atoms with Crippen LogP contribution in [0.2, 0.25) is 0 Å². The second kappa shape index (κ2) is 6.65. The fraction of sp³-hybridized carbons (Fsp3) is 0.400. The van der Waals surface area contributed by atoms with Gasteiger partial charge in [-0.3, -0.25) is 14.2 Å². The second-order valence-electron chi connectivity index (χ2n) is 4.98. The topological polar surface area (TPSA) is 118 Å². The molecule has 0 radical (unpaired) electrons. The highest BCUT2D eigenvalue weighted by atomic mass is 16.5. The number of rotatable bonds is 4. The van der Waals surface area contributed by atoms with Gasteiger partial charge >= 0.3 is 17.9 Å². The summed E-state index contributed by atoms with van der Waals surface area (Å²) < 4.78 is 14.7. The Kier molecular flexibility index (Phi) is 4.82. The fourth-order valence-electron chi connectivity index (χ4n) is 2.73. The minimum absolute atomic E-state index is 0.150. The average Bonchev–Trinajstić information content (AvgIpc) is 3.04. The average molecular weight is 337 g/mol. The van der Waals surface area contributed by atoms with Gasteiger partial charge in [-0.05, 0) is 12.8 Å². The van der Waals surface area contributed by atoms with Gasteiger partial charge in [0.05, 0.1) is 32.5 Å². The van der Waals surface area contributed by atoms with Crippen molar-refractivity contribution in [2.45, 2.75) is 18.9 Å². The van der Waals surface area contributed by atoms with Gasteiger partial charge in [-0.2, -0.15) is 0 Å². The lowest BCUT2D eigenvalue weighted by Crippen LogP contribution is -2.32. The van der Waals surface area contributed by atoms with E-state index in [1.807, 2.05) is 0 Å². The molecule has 0 fully saturated rings. The molecule has 0 amide bonds. The zero-order valence-corrected chi connectivity index (χ0v) is 13.3. The minimum Gasteiger partial charge on any atom is -0.467 e. The number of fused-ring (bicyclic) bond motifs is 1. The van der Waals surface area contributed by atoms with Crippen LogP contribution in [0.5, 0.6) is 0 Å². The molecule has 9 heteroatoms. The Labute approximate surface area is 136 Å². The summed E-state index contributed by atoms with van der Waals surface area (Å²) in [7, 11) is 3.29. The molecule has 0 bridgehead atoms. The third-order valence-electron chi connectivity index (χ3n) is 3.80. The molecule has 24 heavy (non-hydrogen) atoms. The number of ether oxygens (including phenoxy) is 3. The normalized spacial score (nSPS) is 15.4. The summed E-state index contributed by atoms with van der Waals surface area (Å²) in [5, 5.41) is 0. The van der Waals surface area contributed by atoms with Crippen molar-refractivity contribution in [3.05, 3.63) is 33.2 Å². The zero-order valence-electron chi connectivity index (χ0n) is 13.3. The van der Waals surface area contributed by atoms with Gasteiger partial charge in [-0.1, -0.05) is 0 Å². The summed E-state index contributed by atoms with van der Waals surface area (Å²) in [6.07, 6.45) is 0.392. The largest absolute Gasteiger partial charge is 0.467 e. The molecule has 2 heterocycles. The quantitative estimate of drug-likeness (QED) is 0.317. The zero-order chi connectivity index (χ0) is 18.0. The van der Waals surface area contributed by atoms with Crippen LogP contribution in [0.3, 0.4) is 0 Å². The highest BCUT2D eigenvalue weighted by Crippen LogP contribution is 2.29. The van der Waals surface area contributed by atoms with Crippen molar-refractivity contribution in [3.63, 3.8) is 0 Å². The summed E-state index contributed by atoms with van der Waals surface area (Å²) in [6.45, 7) is 0. The van der Waals surface area contributed by atoms with Crippen molar-refractivity contribution in [2.75, 3.05) is 21.3 Å². The van der Waals surface area contributed by atoms with Crippen molar-refractivity contribution in [2.24, 2.45) is 0 Å². The maximum atomic E-state index is 12.3. The van der Waals surface area contributed by atoms with Crippen molar-refractivity contribution < 1.29 is 33.4 Å². The van der Waals surface area contributed by atoms with Crippen LogP contribution >= 0.6 is 0 Å². The summed E-state index contributed by atoms with van der Waals surface area (Å²) in [5.41, 5.74) is -1.18. The number of ketones is 1. The number of methoxy groups -OCH3 is 3. The number of hydrogen-bond donors (Lipinski definition) is 0. The molecular weight excluding hydrogens is 322 g/mol. The summed E-state index contributed by atoms with van der Waals surface area (Å²) in [5.74, 6) is -3.89. The van der Waals surface area contributed by atoms with Crippen LogP contribution in [0.15, 0.2) is 10.9 Å².